The zero-order valence-corrected chi connectivity index (χ0v) is 7.19. The van der Waals surface area contributed by atoms with Crippen LogP contribution in [0, 0.1) is 0 Å². The Morgan fingerprint density at radius 3 is 2.85 bits per heavy atom. The second-order valence-corrected chi connectivity index (χ2v) is 3.13. The molecule has 1 aromatic heterocycles. The highest BCUT2D eigenvalue weighted by Gasteiger charge is 2.20. The maximum absolute atomic E-state index is 10.3. The molecule has 13 heavy (non-hydrogen) atoms. The molecule has 1 saturated heterocycles. The summed E-state index contributed by atoms with van der Waals surface area (Å²) in [5, 5.41) is 7.02. The Morgan fingerprint density at radius 2 is 2.23 bits per heavy atom. The number of rotatable bonds is 2. The molecule has 0 unspecified atom stereocenters. The van der Waals surface area contributed by atoms with Gasteiger partial charge in [-0.1, -0.05) is 5.16 Å². The molecule has 0 spiro atoms. The quantitative estimate of drug-likeness (QED) is 0.667. The second-order valence-electron chi connectivity index (χ2n) is 3.13. The number of nitrogens with one attached hydrogen (secondary N) is 1. The number of piperidine rings is 1. The highest BCUT2D eigenvalue weighted by Crippen LogP contribution is 2.21. The molecule has 1 aliphatic rings. The van der Waals surface area contributed by atoms with Crippen molar-refractivity contribution in [1.29, 1.82) is 0 Å². The van der Waals surface area contributed by atoms with Crippen molar-refractivity contribution in [3.8, 4) is 0 Å². The van der Waals surface area contributed by atoms with Crippen molar-refractivity contribution in [3.05, 3.63) is 11.7 Å². The first-order valence-electron chi connectivity index (χ1n) is 4.39. The standard InChI is InChI=1S/C8H11N3O2/c12-5-7-10-8(11-13-7)6-1-3-9-4-2-6/h5-6,9H,1-4H2. The molecule has 1 aromatic rings. The molecule has 1 N–H and O–H groups in total. The maximum Gasteiger partial charge on any atom is 0.290 e. The Bertz CT molecular complexity index is 291. The molecule has 0 saturated carbocycles. The number of nitrogens with zero attached hydrogens (tertiary/aromatic N) is 2. The van der Waals surface area contributed by atoms with Gasteiger partial charge in [0, 0.05) is 5.92 Å². The number of aromatic nitrogens is 2. The third kappa shape index (κ3) is 1.75. The Labute approximate surface area is 75.5 Å². The Hall–Kier alpha value is -1.23. The molecule has 0 amide bonds. The average molecular weight is 181 g/mol. The molecule has 5 nitrogen and oxygen atoms in total. The van der Waals surface area contributed by atoms with E-state index in [0.29, 0.717) is 18.0 Å². The van der Waals surface area contributed by atoms with Gasteiger partial charge in [0.05, 0.1) is 0 Å². The summed E-state index contributed by atoms with van der Waals surface area (Å²) in [5.41, 5.74) is 0. The third-order valence-corrected chi connectivity index (χ3v) is 2.26. The summed E-state index contributed by atoms with van der Waals surface area (Å²) in [7, 11) is 0. The van der Waals surface area contributed by atoms with Crippen molar-refractivity contribution in [2.24, 2.45) is 0 Å². The smallest absolute Gasteiger partial charge is 0.290 e. The van der Waals surface area contributed by atoms with E-state index in [9.17, 15) is 4.79 Å². The summed E-state index contributed by atoms with van der Waals surface area (Å²) in [6, 6.07) is 0. The van der Waals surface area contributed by atoms with E-state index in [0.717, 1.165) is 25.9 Å². The lowest BCUT2D eigenvalue weighted by atomic mass is 9.98. The van der Waals surface area contributed by atoms with Gasteiger partial charge in [-0.05, 0) is 25.9 Å². The molecule has 2 rings (SSSR count). The van der Waals surface area contributed by atoms with Gasteiger partial charge in [-0.15, -0.1) is 0 Å². The van der Waals surface area contributed by atoms with Crippen LogP contribution in [0.25, 0.3) is 0 Å². The summed E-state index contributed by atoms with van der Waals surface area (Å²) in [4.78, 5) is 14.3. The zero-order chi connectivity index (χ0) is 9.10. The van der Waals surface area contributed by atoms with Crippen molar-refractivity contribution < 1.29 is 9.32 Å². The topological polar surface area (TPSA) is 68.0 Å². The van der Waals surface area contributed by atoms with Crippen LogP contribution in [-0.2, 0) is 0 Å². The first kappa shape index (κ1) is 8.37. The van der Waals surface area contributed by atoms with Gasteiger partial charge in [0.25, 0.3) is 5.89 Å². The predicted molar refractivity (Wildman–Crippen MR) is 44.5 cm³/mol. The van der Waals surface area contributed by atoms with E-state index in [4.69, 9.17) is 4.52 Å². The van der Waals surface area contributed by atoms with Crippen LogP contribution in [0.4, 0.5) is 0 Å². The van der Waals surface area contributed by atoms with Crippen LogP contribution >= 0.6 is 0 Å². The largest absolute Gasteiger partial charge is 0.331 e. The molecule has 0 aliphatic carbocycles. The van der Waals surface area contributed by atoms with Gasteiger partial charge < -0.3 is 9.84 Å². The lowest BCUT2D eigenvalue weighted by Gasteiger charge is -2.18. The van der Waals surface area contributed by atoms with Gasteiger partial charge in [0.1, 0.15) is 0 Å². The summed E-state index contributed by atoms with van der Waals surface area (Å²) in [6.07, 6.45) is 2.60. The normalized spacial score (nSPS) is 18.8. The number of hydrogen-bond acceptors (Lipinski definition) is 5. The highest BCUT2D eigenvalue weighted by molar-refractivity contribution is 5.66. The van der Waals surface area contributed by atoms with Gasteiger partial charge in [-0.2, -0.15) is 4.98 Å². The average Bonchev–Trinajstić information content (AvgIpc) is 2.67. The van der Waals surface area contributed by atoms with Gasteiger partial charge in [-0.3, -0.25) is 4.79 Å². The van der Waals surface area contributed by atoms with E-state index in [1.165, 1.54) is 0 Å². The van der Waals surface area contributed by atoms with Crippen LogP contribution in [0.15, 0.2) is 4.52 Å². The molecule has 1 aliphatic heterocycles. The van der Waals surface area contributed by atoms with Crippen LogP contribution < -0.4 is 5.32 Å². The molecule has 1 fully saturated rings. The van der Waals surface area contributed by atoms with E-state index in [-0.39, 0.29) is 5.89 Å². The van der Waals surface area contributed by atoms with Gasteiger partial charge in [0.15, 0.2) is 5.82 Å². The van der Waals surface area contributed by atoms with Gasteiger partial charge >= 0.3 is 0 Å². The summed E-state index contributed by atoms with van der Waals surface area (Å²) < 4.78 is 4.72. The molecule has 0 atom stereocenters. The van der Waals surface area contributed by atoms with Crippen LogP contribution in [0.3, 0.4) is 0 Å². The third-order valence-electron chi connectivity index (χ3n) is 2.26. The lowest BCUT2D eigenvalue weighted by molar-refractivity contribution is 0.108. The maximum atomic E-state index is 10.3. The van der Waals surface area contributed by atoms with Crippen molar-refractivity contribution in [2.45, 2.75) is 18.8 Å². The number of hydrogen-bond donors (Lipinski definition) is 1. The van der Waals surface area contributed by atoms with Crippen LogP contribution in [0.5, 0.6) is 0 Å². The molecule has 5 heteroatoms. The van der Waals surface area contributed by atoms with Crippen LogP contribution in [0.1, 0.15) is 35.3 Å². The number of carbonyl (C=O) groups excluding carboxylic acids is 1. The fraction of sp³-hybridized carbons (Fsp3) is 0.625. The first-order chi connectivity index (χ1) is 6.40. The molecule has 70 valence electrons. The zero-order valence-electron chi connectivity index (χ0n) is 7.19. The highest BCUT2D eigenvalue weighted by atomic mass is 16.5. The van der Waals surface area contributed by atoms with E-state index in [1.54, 1.807) is 0 Å². The molecule has 0 aromatic carbocycles. The number of carbonyl (C=O) groups is 1. The van der Waals surface area contributed by atoms with Crippen LogP contribution in [0.2, 0.25) is 0 Å². The monoisotopic (exact) mass is 181 g/mol. The molecule has 0 bridgehead atoms. The van der Waals surface area contributed by atoms with Gasteiger partial charge in [-0.25, -0.2) is 0 Å². The summed E-state index contributed by atoms with van der Waals surface area (Å²) >= 11 is 0. The van der Waals surface area contributed by atoms with Crippen molar-refractivity contribution in [3.63, 3.8) is 0 Å². The minimum atomic E-state index is 0.0773. The SMILES string of the molecule is O=Cc1nc(C2CCNCC2)no1. The van der Waals surface area contributed by atoms with Crippen LogP contribution in [-0.4, -0.2) is 29.5 Å². The minimum absolute atomic E-state index is 0.0773. The molecule has 2 heterocycles. The summed E-state index contributed by atoms with van der Waals surface area (Å²) in [5.74, 6) is 1.09. The molecular formula is C8H11N3O2. The van der Waals surface area contributed by atoms with Gasteiger partial charge in [0.2, 0.25) is 6.29 Å². The second kappa shape index (κ2) is 3.66. The minimum Gasteiger partial charge on any atom is -0.331 e. The first-order valence-corrected chi connectivity index (χ1v) is 4.39. The lowest BCUT2D eigenvalue weighted by Crippen LogP contribution is -2.27. The Kier molecular flexibility index (Phi) is 2.35. The molecule has 0 radical (unpaired) electrons. The molecular weight excluding hydrogens is 170 g/mol. The van der Waals surface area contributed by atoms with Crippen molar-refractivity contribution in [1.82, 2.24) is 15.5 Å². The van der Waals surface area contributed by atoms with E-state index in [2.05, 4.69) is 15.5 Å². The van der Waals surface area contributed by atoms with E-state index in [1.807, 2.05) is 0 Å². The van der Waals surface area contributed by atoms with E-state index < -0.39 is 0 Å². The fourth-order valence-electron chi connectivity index (χ4n) is 1.54. The predicted octanol–water partition coefficient (Wildman–Crippen LogP) is 0.349. The Balaban J connectivity index is 2.09. The van der Waals surface area contributed by atoms with Crippen molar-refractivity contribution >= 4 is 6.29 Å². The Morgan fingerprint density at radius 1 is 1.46 bits per heavy atom. The van der Waals surface area contributed by atoms with Crippen molar-refractivity contribution in [2.75, 3.05) is 13.1 Å². The number of aldehydes is 1. The van der Waals surface area contributed by atoms with E-state index >= 15 is 0 Å². The fourth-order valence-corrected chi connectivity index (χ4v) is 1.54. The summed E-state index contributed by atoms with van der Waals surface area (Å²) in [6.45, 7) is 1.96.